The van der Waals surface area contributed by atoms with E-state index in [1.807, 2.05) is 0 Å². The van der Waals surface area contributed by atoms with Gasteiger partial charge in [-0.3, -0.25) is 9.48 Å². The molecule has 118 valence electrons. The molecule has 0 aliphatic carbocycles. The van der Waals surface area contributed by atoms with Crippen molar-refractivity contribution in [2.24, 2.45) is 0 Å². The lowest BCUT2D eigenvalue weighted by Gasteiger charge is -2.10. The van der Waals surface area contributed by atoms with Crippen LogP contribution in [0.1, 0.15) is 42.2 Å². The predicted molar refractivity (Wildman–Crippen MR) is 81.4 cm³/mol. The number of amides is 1. The summed E-state index contributed by atoms with van der Waals surface area (Å²) in [6, 6.07) is -0.336. The van der Waals surface area contributed by atoms with Gasteiger partial charge in [-0.15, -0.1) is 0 Å². The van der Waals surface area contributed by atoms with Crippen molar-refractivity contribution in [2.45, 2.75) is 45.7 Å². The molecule has 0 bridgehead atoms. The number of unbranched alkanes of at least 4 members (excludes halogenated alkanes) is 1. The topological polar surface area (TPSA) is 81.1 Å². The van der Waals surface area contributed by atoms with Gasteiger partial charge in [-0.05, 0) is 19.8 Å². The summed E-state index contributed by atoms with van der Waals surface area (Å²) >= 11 is 6.22. The Hall–Kier alpha value is -1.08. The standard InChI is InChI=1S/C13H20ClN3O3S/c1-3-4-6-17-12(14)11(9(2)16-17)13(18)15-10-5-7-21(19,20)8-10/h10H,3-8H2,1-2H3,(H,15,18)/t10-/m1/s1. The third kappa shape index (κ3) is 3.77. The molecule has 8 heteroatoms. The quantitative estimate of drug-likeness (QED) is 0.886. The summed E-state index contributed by atoms with van der Waals surface area (Å²) in [6.07, 6.45) is 2.40. The van der Waals surface area contributed by atoms with Crippen LogP contribution in [0.15, 0.2) is 0 Å². The number of aromatic nitrogens is 2. The van der Waals surface area contributed by atoms with Gasteiger partial charge in [-0.25, -0.2) is 8.42 Å². The Bertz CT molecular complexity index is 639. The van der Waals surface area contributed by atoms with E-state index in [1.165, 1.54) is 0 Å². The molecule has 1 aromatic heterocycles. The second-order valence-electron chi connectivity index (χ2n) is 5.40. The molecule has 1 atom stereocenters. The van der Waals surface area contributed by atoms with E-state index in [2.05, 4.69) is 17.3 Å². The van der Waals surface area contributed by atoms with Crippen molar-refractivity contribution in [3.05, 3.63) is 16.4 Å². The molecule has 21 heavy (non-hydrogen) atoms. The van der Waals surface area contributed by atoms with E-state index in [-0.39, 0.29) is 23.5 Å². The molecule has 0 saturated carbocycles. The molecule has 0 radical (unpaired) electrons. The van der Waals surface area contributed by atoms with Gasteiger partial charge in [0, 0.05) is 12.6 Å². The molecule has 1 aliphatic rings. The smallest absolute Gasteiger partial charge is 0.256 e. The molecule has 1 fully saturated rings. The van der Waals surface area contributed by atoms with Crippen LogP contribution in [0, 0.1) is 6.92 Å². The third-order valence-electron chi connectivity index (χ3n) is 3.58. The monoisotopic (exact) mass is 333 g/mol. The summed E-state index contributed by atoms with van der Waals surface area (Å²) in [7, 11) is -3.02. The second-order valence-corrected chi connectivity index (χ2v) is 7.99. The minimum atomic E-state index is -3.02. The van der Waals surface area contributed by atoms with Gasteiger partial charge in [0.05, 0.1) is 22.8 Å². The van der Waals surface area contributed by atoms with Gasteiger partial charge < -0.3 is 5.32 Å². The SMILES string of the molecule is CCCCn1nc(C)c(C(=O)N[C@@H]2CCS(=O)(=O)C2)c1Cl. The first kappa shape index (κ1) is 16.3. The molecule has 0 aromatic carbocycles. The van der Waals surface area contributed by atoms with Gasteiger partial charge in [-0.1, -0.05) is 24.9 Å². The zero-order chi connectivity index (χ0) is 15.6. The fourth-order valence-electron chi connectivity index (χ4n) is 2.43. The molecule has 2 heterocycles. The minimum Gasteiger partial charge on any atom is -0.348 e. The van der Waals surface area contributed by atoms with Crippen LogP contribution in [-0.2, 0) is 16.4 Å². The molecular weight excluding hydrogens is 314 g/mol. The Kier molecular flexibility index (Phi) is 4.93. The second kappa shape index (κ2) is 6.36. The number of nitrogens with zero attached hydrogens (tertiary/aromatic N) is 2. The van der Waals surface area contributed by atoms with Crippen LogP contribution < -0.4 is 5.32 Å². The number of carbonyl (C=O) groups excluding carboxylic acids is 1. The van der Waals surface area contributed by atoms with Crippen LogP contribution in [0.25, 0.3) is 0 Å². The highest BCUT2D eigenvalue weighted by molar-refractivity contribution is 7.91. The number of halogens is 1. The molecule has 1 N–H and O–H groups in total. The van der Waals surface area contributed by atoms with E-state index in [4.69, 9.17) is 11.6 Å². The molecule has 2 rings (SSSR count). The summed E-state index contributed by atoms with van der Waals surface area (Å²) in [6.45, 7) is 4.47. The van der Waals surface area contributed by atoms with Gasteiger partial charge >= 0.3 is 0 Å². The van der Waals surface area contributed by atoms with Gasteiger partial charge in [0.15, 0.2) is 9.84 Å². The number of hydrogen-bond acceptors (Lipinski definition) is 4. The Balaban J connectivity index is 2.11. The number of nitrogens with one attached hydrogen (secondary N) is 1. The first-order valence-electron chi connectivity index (χ1n) is 7.08. The zero-order valence-corrected chi connectivity index (χ0v) is 13.8. The molecule has 6 nitrogen and oxygen atoms in total. The van der Waals surface area contributed by atoms with Gasteiger partial charge in [-0.2, -0.15) is 5.10 Å². The highest BCUT2D eigenvalue weighted by atomic mass is 35.5. The van der Waals surface area contributed by atoms with Gasteiger partial charge in [0.1, 0.15) is 5.15 Å². The van der Waals surface area contributed by atoms with Crippen LogP contribution in [0.5, 0.6) is 0 Å². The van der Waals surface area contributed by atoms with Crippen LogP contribution in [0.4, 0.5) is 0 Å². The van der Waals surface area contributed by atoms with E-state index in [9.17, 15) is 13.2 Å². The van der Waals surface area contributed by atoms with Crippen molar-refractivity contribution in [3.8, 4) is 0 Å². The summed E-state index contributed by atoms with van der Waals surface area (Å²) in [5.74, 6) is -0.220. The Morgan fingerprint density at radius 3 is 2.81 bits per heavy atom. The largest absolute Gasteiger partial charge is 0.348 e. The number of hydrogen-bond donors (Lipinski definition) is 1. The van der Waals surface area contributed by atoms with Crippen molar-refractivity contribution in [1.29, 1.82) is 0 Å². The maximum atomic E-state index is 12.3. The predicted octanol–water partition coefficient (Wildman–Crippen LogP) is 1.56. The highest BCUT2D eigenvalue weighted by Crippen LogP contribution is 2.21. The van der Waals surface area contributed by atoms with Crippen LogP contribution >= 0.6 is 11.6 Å². The molecule has 0 unspecified atom stereocenters. The molecule has 1 amide bonds. The third-order valence-corrected chi connectivity index (χ3v) is 5.74. The summed E-state index contributed by atoms with van der Waals surface area (Å²) in [5, 5.41) is 7.34. The zero-order valence-electron chi connectivity index (χ0n) is 12.2. The van der Waals surface area contributed by atoms with Crippen molar-refractivity contribution in [2.75, 3.05) is 11.5 Å². The fraction of sp³-hybridized carbons (Fsp3) is 0.692. The Labute approximate surface area is 129 Å². The van der Waals surface area contributed by atoms with Gasteiger partial charge in [0.2, 0.25) is 0 Å². The van der Waals surface area contributed by atoms with Crippen LogP contribution in [-0.4, -0.2) is 41.7 Å². The van der Waals surface area contributed by atoms with Crippen molar-refractivity contribution >= 4 is 27.3 Å². The molecular formula is C13H20ClN3O3S. The van der Waals surface area contributed by atoms with E-state index in [0.717, 1.165) is 12.8 Å². The molecule has 1 aliphatic heterocycles. The number of sulfone groups is 1. The first-order chi connectivity index (χ1) is 9.84. The highest BCUT2D eigenvalue weighted by Gasteiger charge is 2.30. The summed E-state index contributed by atoms with van der Waals surface area (Å²) in [4.78, 5) is 12.3. The lowest BCUT2D eigenvalue weighted by molar-refractivity contribution is 0.0940. The van der Waals surface area contributed by atoms with Gasteiger partial charge in [0.25, 0.3) is 5.91 Å². The van der Waals surface area contributed by atoms with E-state index in [0.29, 0.717) is 29.4 Å². The van der Waals surface area contributed by atoms with E-state index >= 15 is 0 Å². The van der Waals surface area contributed by atoms with Crippen molar-refractivity contribution in [3.63, 3.8) is 0 Å². The normalized spacial score (nSPS) is 20.6. The first-order valence-corrected chi connectivity index (χ1v) is 9.28. The van der Waals surface area contributed by atoms with Crippen LogP contribution in [0.3, 0.4) is 0 Å². The van der Waals surface area contributed by atoms with E-state index < -0.39 is 9.84 Å². The Morgan fingerprint density at radius 2 is 2.24 bits per heavy atom. The Morgan fingerprint density at radius 1 is 1.52 bits per heavy atom. The summed E-state index contributed by atoms with van der Waals surface area (Å²) in [5.41, 5.74) is 0.909. The van der Waals surface area contributed by atoms with Crippen molar-refractivity contribution < 1.29 is 13.2 Å². The summed E-state index contributed by atoms with van der Waals surface area (Å²) < 4.78 is 24.5. The maximum absolute atomic E-state index is 12.3. The number of rotatable bonds is 5. The minimum absolute atomic E-state index is 0.000617. The number of carbonyl (C=O) groups is 1. The van der Waals surface area contributed by atoms with Crippen molar-refractivity contribution in [1.82, 2.24) is 15.1 Å². The average Bonchev–Trinajstić information content (AvgIpc) is 2.86. The molecule has 1 saturated heterocycles. The lowest BCUT2D eigenvalue weighted by Crippen LogP contribution is -2.35. The lowest BCUT2D eigenvalue weighted by atomic mass is 10.2. The molecule has 1 aromatic rings. The van der Waals surface area contributed by atoms with E-state index in [1.54, 1.807) is 11.6 Å². The number of aryl methyl sites for hydroxylation is 2. The average molecular weight is 334 g/mol. The fourth-order valence-corrected chi connectivity index (χ4v) is 4.45. The maximum Gasteiger partial charge on any atom is 0.256 e. The molecule has 0 spiro atoms. The van der Waals surface area contributed by atoms with Crippen LogP contribution in [0.2, 0.25) is 5.15 Å².